The summed E-state index contributed by atoms with van der Waals surface area (Å²) in [4.78, 5) is 0. The highest BCUT2D eigenvalue weighted by Crippen LogP contribution is 2.19. The van der Waals surface area contributed by atoms with E-state index in [1.165, 1.54) is 0 Å². The first-order valence-electron chi connectivity index (χ1n) is 5.90. The van der Waals surface area contributed by atoms with E-state index in [0.717, 1.165) is 31.1 Å². The lowest BCUT2D eigenvalue weighted by molar-refractivity contribution is 0.170. The number of methoxy groups -OCH3 is 1. The number of ether oxygens (including phenoxy) is 3. The van der Waals surface area contributed by atoms with E-state index in [2.05, 4.69) is 0 Å². The third-order valence-electron chi connectivity index (χ3n) is 3.07. The Morgan fingerprint density at radius 2 is 2.06 bits per heavy atom. The Hall–Kier alpha value is -1.26. The van der Waals surface area contributed by atoms with Crippen LogP contribution in [0.2, 0.25) is 0 Å². The molecule has 0 amide bonds. The van der Waals surface area contributed by atoms with Crippen LogP contribution in [0.25, 0.3) is 0 Å². The smallest absolute Gasteiger partial charge is 0.119 e. The number of benzene rings is 1. The van der Waals surface area contributed by atoms with Crippen molar-refractivity contribution in [2.75, 3.05) is 26.9 Å². The first-order chi connectivity index (χ1) is 8.29. The minimum atomic E-state index is 0.0413. The second-order valence-electron chi connectivity index (χ2n) is 4.27. The molecule has 1 fully saturated rings. The van der Waals surface area contributed by atoms with E-state index < -0.39 is 0 Å². The summed E-state index contributed by atoms with van der Waals surface area (Å²) in [7, 11) is 1.64. The molecule has 0 saturated carbocycles. The topological polar surface area (TPSA) is 53.7 Å². The van der Waals surface area contributed by atoms with Crippen LogP contribution in [0, 0.1) is 5.92 Å². The van der Waals surface area contributed by atoms with Crippen LogP contribution >= 0.6 is 0 Å². The molecular weight excluding hydrogens is 218 g/mol. The van der Waals surface area contributed by atoms with Crippen LogP contribution in [0.15, 0.2) is 24.3 Å². The molecule has 4 nitrogen and oxygen atoms in total. The zero-order valence-corrected chi connectivity index (χ0v) is 10.1. The lowest BCUT2D eigenvalue weighted by Gasteiger charge is -2.18. The summed E-state index contributed by atoms with van der Waals surface area (Å²) >= 11 is 0. The van der Waals surface area contributed by atoms with Gasteiger partial charge in [0.05, 0.1) is 13.7 Å². The number of hydrogen-bond acceptors (Lipinski definition) is 4. The van der Waals surface area contributed by atoms with Gasteiger partial charge in [0.15, 0.2) is 0 Å². The number of hydrogen-bond donors (Lipinski definition) is 1. The molecule has 2 unspecified atom stereocenters. The van der Waals surface area contributed by atoms with Gasteiger partial charge in [0.1, 0.15) is 18.1 Å². The van der Waals surface area contributed by atoms with Crippen molar-refractivity contribution in [2.24, 2.45) is 11.7 Å². The van der Waals surface area contributed by atoms with Gasteiger partial charge >= 0.3 is 0 Å². The minimum absolute atomic E-state index is 0.0413. The molecule has 1 saturated heterocycles. The van der Waals surface area contributed by atoms with Gasteiger partial charge in [-0.3, -0.25) is 0 Å². The molecular formula is C13H19NO3. The lowest BCUT2D eigenvalue weighted by Crippen LogP contribution is -2.36. The van der Waals surface area contributed by atoms with Gasteiger partial charge in [0.2, 0.25) is 0 Å². The van der Waals surface area contributed by atoms with Crippen LogP contribution in [-0.4, -0.2) is 33.0 Å². The van der Waals surface area contributed by atoms with Crippen LogP contribution in [0.5, 0.6) is 11.5 Å². The summed E-state index contributed by atoms with van der Waals surface area (Å²) < 4.78 is 16.0. The van der Waals surface area contributed by atoms with E-state index in [4.69, 9.17) is 19.9 Å². The summed E-state index contributed by atoms with van der Waals surface area (Å²) in [6.07, 6.45) is 1.03. The third kappa shape index (κ3) is 3.35. The van der Waals surface area contributed by atoms with E-state index in [1.54, 1.807) is 7.11 Å². The third-order valence-corrected chi connectivity index (χ3v) is 3.07. The average Bonchev–Trinajstić information content (AvgIpc) is 2.90. The Morgan fingerprint density at radius 1 is 1.35 bits per heavy atom. The van der Waals surface area contributed by atoms with Crippen molar-refractivity contribution in [1.82, 2.24) is 0 Å². The van der Waals surface area contributed by atoms with E-state index in [-0.39, 0.29) is 6.04 Å². The Bertz CT molecular complexity index is 333. The maximum Gasteiger partial charge on any atom is 0.119 e. The lowest BCUT2D eigenvalue weighted by atomic mass is 10.0. The number of nitrogens with two attached hydrogens (primary N) is 1. The summed E-state index contributed by atoms with van der Waals surface area (Å²) in [5.41, 5.74) is 6.05. The van der Waals surface area contributed by atoms with Gasteiger partial charge in [-0.1, -0.05) is 0 Å². The van der Waals surface area contributed by atoms with Gasteiger partial charge in [-0.05, 0) is 30.7 Å². The monoisotopic (exact) mass is 237 g/mol. The Labute approximate surface area is 102 Å². The number of rotatable bonds is 5. The molecule has 0 spiro atoms. The van der Waals surface area contributed by atoms with Gasteiger partial charge in [0, 0.05) is 18.6 Å². The molecule has 0 radical (unpaired) electrons. The predicted molar refractivity (Wildman–Crippen MR) is 65.4 cm³/mol. The molecule has 2 atom stereocenters. The van der Waals surface area contributed by atoms with E-state index in [0.29, 0.717) is 12.5 Å². The molecule has 0 aliphatic carbocycles. The van der Waals surface area contributed by atoms with Gasteiger partial charge in [0.25, 0.3) is 0 Å². The van der Waals surface area contributed by atoms with Gasteiger partial charge in [-0.25, -0.2) is 0 Å². The highest BCUT2D eigenvalue weighted by molar-refractivity contribution is 5.31. The van der Waals surface area contributed by atoms with Crippen molar-refractivity contribution in [3.63, 3.8) is 0 Å². The fourth-order valence-corrected chi connectivity index (χ4v) is 1.89. The predicted octanol–water partition coefficient (Wildman–Crippen LogP) is 1.44. The average molecular weight is 237 g/mol. The highest BCUT2D eigenvalue weighted by atomic mass is 16.5. The normalized spacial score (nSPS) is 21.2. The van der Waals surface area contributed by atoms with Crippen molar-refractivity contribution in [3.8, 4) is 11.5 Å². The first-order valence-corrected chi connectivity index (χ1v) is 5.90. The van der Waals surface area contributed by atoms with Gasteiger partial charge in [-0.2, -0.15) is 0 Å². The van der Waals surface area contributed by atoms with E-state index in [9.17, 15) is 0 Å². The summed E-state index contributed by atoms with van der Waals surface area (Å²) in [6.45, 7) is 2.11. The van der Waals surface area contributed by atoms with Crippen LogP contribution < -0.4 is 15.2 Å². The molecule has 2 N–H and O–H groups in total. The van der Waals surface area contributed by atoms with E-state index in [1.807, 2.05) is 24.3 Å². The Balaban J connectivity index is 1.80. The van der Waals surface area contributed by atoms with Crippen molar-refractivity contribution in [3.05, 3.63) is 24.3 Å². The summed E-state index contributed by atoms with van der Waals surface area (Å²) in [5.74, 6) is 2.07. The Morgan fingerprint density at radius 3 is 2.65 bits per heavy atom. The molecule has 17 heavy (non-hydrogen) atoms. The highest BCUT2D eigenvalue weighted by Gasteiger charge is 2.23. The first kappa shape index (κ1) is 12.2. The molecule has 1 aliphatic heterocycles. The summed E-state index contributed by atoms with van der Waals surface area (Å²) in [5, 5.41) is 0. The maximum absolute atomic E-state index is 6.05. The van der Waals surface area contributed by atoms with Crippen LogP contribution in [0.4, 0.5) is 0 Å². The second-order valence-corrected chi connectivity index (χ2v) is 4.27. The van der Waals surface area contributed by atoms with Crippen LogP contribution in [-0.2, 0) is 4.74 Å². The zero-order chi connectivity index (χ0) is 12.1. The van der Waals surface area contributed by atoms with Crippen molar-refractivity contribution in [2.45, 2.75) is 12.5 Å². The molecule has 94 valence electrons. The second kappa shape index (κ2) is 5.89. The quantitative estimate of drug-likeness (QED) is 0.842. The van der Waals surface area contributed by atoms with Crippen molar-refractivity contribution < 1.29 is 14.2 Å². The molecule has 1 aliphatic rings. The molecule has 0 aromatic heterocycles. The van der Waals surface area contributed by atoms with Gasteiger partial charge in [-0.15, -0.1) is 0 Å². The molecule has 1 aromatic carbocycles. The molecule has 0 bridgehead atoms. The largest absolute Gasteiger partial charge is 0.497 e. The standard InChI is InChI=1S/C13H19NO3/c1-15-11-2-4-12(5-3-11)17-9-13(14)10-6-7-16-8-10/h2-5,10,13H,6-9,14H2,1H3. The van der Waals surface area contributed by atoms with Gasteiger partial charge < -0.3 is 19.9 Å². The van der Waals surface area contributed by atoms with E-state index >= 15 is 0 Å². The molecule has 2 rings (SSSR count). The van der Waals surface area contributed by atoms with Crippen molar-refractivity contribution in [1.29, 1.82) is 0 Å². The van der Waals surface area contributed by atoms with Crippen LogP contribution in [0.3, 0.4) is 0 Å². The molecule has 1 heterocycles. The minimum Gasteiger partial charge on any atom is -0.497 e. The zero-order valence-electron chi connectivity index (χ0n) is 10.1. The van der Waals surface area contributed by atoms with Crippen molar-refractivity contribution >= 4 is 0 Å². The SMILES string of the molecule is COc1ccc(OCC(N)C2CCOC2)cc1. The fourth-order valence-electron chi connectivity index (χ4n) is 1.89. The van der Waals surface area contributed by atoms with Crippen LogP contribution in [0.1, 0.15) is 6.42 Å². The Kier molecular flexibility index (Phi) is 4.23. The maximum atomic E-state index is 6.05. The summed E-state index contributed by atoms with van der Waals surface area (Å²) in [6, 6.07) is 7.56. The molecule has 4 heteroatoms. The fraction of sp³-hybridized carbons (Fsp3) is 0.538. The molecule has 1 aromatic rings.